The molecule has 1 aromatic carbocycles. The molecule has 1 rings (SSSR count). The van der Waals surface area contributed by atoms with Gasteiger partial charge >= 0.3 is 0 Å². The molecule has 1 N–H and O–H groups in total. The van der Waals surface area contributed by atoms with Crippen molar-refractivity contribution in [2.75, 3.05) is 6.54 Å². The van der Waals surface area contributed by atoms with Crippen molar-refractivity contribution in [3.8, 4) is 0 Å². The highest BCUT2D eigenvalue weighted by molar-refractivity contribution is 5.21. The van der Waals surface area contributed by atoms with Crippen LogP contribution in [-0.4, -0.2) is 12.6 Å². The Morgan fingerprint density at radius 2 is 1.89 bits per heavy atom. The fraction of sp³-hybridized carbons (Fsp3) is 0.647. The predicted octanol–water partition coefficient (Wildman–Crippen LogP) is 4.73. The van der Waals surface area contributed by atoms with Gasteiger partial charge in [-0.25, -0.2) is 4.39 Å². The van der Waals surface area contributed by atoms with E-state index in [1.54, 1.807) is 6.07 Å². The third kappa shape index (κ3) is 6.72. The summed E-state index contributed by atoms with van der Waals surface area (Å²) in [6.45, 7) is 12.0. The first kappa shape index (κ1) is 16.2. The standard InChI is InChI=1S/C17H28FN/c1-13(2)19-12-15(9-10-17(3,4)5)14-7-6-8-16(18)11-14/h6-8,11,13,15,19H,9-10,12H2,1-5H3. The molecule has 0 saturated heterocycles. The maximum atomic E-state index is 13.4. The fourth-order valence-electron chi connectivity index (χ4n) is 2.13. The van der Waals surface area contributed by atoms with Gasteiger partial charge in [-0.1, -0.05) is 46.8 Å². The SMILES string of the molecule is CC(C)NCC(CCC(C)(C)C)c1cccc(F)c1. The predicted molar refractivity (Wildman–Crippen MR) is 81.0 cm³/mol. The van der Waals surface area contributed by atoms with Crippen molar-refractivity contribution in [2.24, 2.45) is 5.41 Å². The maximum absolute atomic E-state index is 13.4. The molecule has 0 saturated carbocycles. The smallest absolute Gasteiger partial charge is 0.123 e. The van der Waals surface area contributed by atoms with Gasteiger partial charge in [-0.2, -0.15) is 0 Å². The minimum atomic E-state index is -0.136. The highest BCUT2D eigenvalue weighted by atomic mass is 19.1. The van der Waals surface area contributed by atoms with Crippen LogP contribution >= 0.6 is 0 Å². The zero-order valence-electron chi connectivity index (χ0n) is 13.0. The van der Waals surface area contributed by atoms with Crippen molar-refractivity contribution in [3.05, 3.63) is 35.6 Å². The van der Waals surface area contributed by atoms with Crippen molar-refractivity contribution in [1.82, 2.24) is 5.32 Å². The highest BCUT2D eigenvalue weighted by Gasteiger charge is 2.17. The average molecular weight is 265 g/mol. The van der Waals surface area contributed by atoms with E-state index in [-0.39, 0.29) is 5.82 Å². The van der Waals surface area contributed by atoms with Crippen LogP contribution in [0.4, 0.5) is 4.39 Å². The third-order valence-corrected chi connectivity index (χ3v) is 3.34. The molecule has 0 aliphatic rings. The molecular formula is C17H28FN. The summed E-state index contributed by atoms with van der Waals surface area (Å²) >= 11 is 0. The third-order valence-electron chi connectivity index (χ3n) is 3.34. The monoisotopic (exact) mass is 265 g/mol. The first-order chi connectivity index (χ1) is 8.78. The Morgan fingerprint density at radius 1 is 1.21 bits per heavy atom. The molecule has 0 aliphatic heterocycles. The summed E-state index contributed by atoms with van der Waals surface area (Å²) in [7, 11) is 0. The maximum Gasteiger partial charge on any atom is 0.123 e. The van der Waals surface area contributed by atoms with E-state index in [9.17, 15) is 4.39 Å². The molecule has 0 radical (unpaired) electrons. The molecule has 1 atom stereocenters. The van der Waals surface area contributed by atoms with Crippen molar-refractivity contribution >= 4 is 0 Å². The van der Waals surface area contributed by atoms with Gasteiger partial charge in [-0.3, -0.25) is 0 Å². The zero-order chi connectivity index (χ0) is 14.5. The lowest BCUT2D eigenvalue weighted by atomic mass is 9.84. The number of hydrogen-bond donors (Lipinski definition) is 1. The van der Waals surface area contributed by atoms with E-state index in [1.807, 2.05) is 12.1 Å². The van der Waals surface area contributed by atoms with Crippen LogP contribution in [0, 0.1) is 11.2 Å². The molecule has 2 heteroatoms. The van der Waals surface area contributed by atoms with Crippen LogP contribution in [0.5, 0.6) is 0 Å². The van der Waals surface area contributed by atoms with Crippen LogP contribution < -0.4 is 5.32 Å². The zero-order valence-corrected chi connectivity index (χ0v) is 13.0. The van der Waals surface area contributed by atoms with Gasteiger partial charge in [0, 0.05) is 12.6 Å². The van der Waals surface area contributed by atoms with Crippen molar-refractivity contribution in [3.63, 3.8) is 0 Å². The van der Waals surface area contributed by atoms with E-state index in [1.165, 1.54) is 6.07 Å². The Labute approximate surface area is 117 Å². The summed E-state index contributed by atoms with van der Waals surface area (Å²) in [5.41, 5.74) is 1.43. The first-order valence-electron chi connectivity index (χ1n) is 7.27. The molecule has 0 aromatic heterocycles. The number of hydrogen-bond acceptors (Lipinski definition) is 1. The van der Waals surface area contributed by atoms with Gasteiger partial charge in [0.2, 0.25) is 0 Å². The second-order valence-electron chi connectivity index (χ2n) is 6.91. The molecule has 0 bridgehead atoms. The molecule has 0 amide bonds. The molecular weight excluding hydrogens is 237 g/mol. The van der Waals surface area contributed by atoms with E-state index < -0.39 is 0 Å². The molecule has 1 nitrogen and oxygen atoms in total. The second-order valence-corrected chi connectivity index (χ2v) is 6.91. The van der Waals surface area contributed by atoms with Gasteiger partial charge in [0.05, 0.1) is 0 Å². The molecule has 0 fully saturated rings. The highest BCUT2D eigenvalue weighted by Crippen LogP contribution is 2.29. The van der Waals surface area contributed by atoms with Crippen LogP contribution in [0.1, 0.15) is 58.9 Å². The van der Waals surface area contributed by atoms with E-state index in [4.69, 9.17) is 0 Å². The summed E-state index contributed by atoms with van der Waals surface area (Å²) in [5, 5.41) is 3.48. The van der Waals surface area contributed by atoms with Crippen molar-refractivity contribution in [1.29, 1.82) is 0 Å². The number of rotatable bonds is 6. The molecule has 19 heavy (non-hydrogen) atoms. The average Bonchev–Trinajstić information content (AvgIpc) is 2.27. The summed E-state index contributed by atoms with van der Waals surface area (Å²) in [6.07, 6.45) is 2.24. The van der Waals surface area contributed by atoms with E-state index in [0.717, 1.165) is 24.9 Å². The Morgan fingerprint density at radius 3 is 2.42 bits per heavy atom. The topological polar surface area (TPSA) is 12.0 Å². The van der Waals surface area contributed by atoms with E-state index >= 15 is 0 Å². The Bertz CT molecular complexity index is 379. The number of halogens is 1. The van der Waals surface area contributed by atoms with Gasteiger partial charge in [0.15, 0.2) is 0 Å². The molecule has 0 heterocycles. The quantitative estimate of drug-likeness (QED) is 0.784. The van der Waals surface area contributed by atoms with Crippen molar-refractivity contribution in [2.45, 2.75) is 59.4 Å². The molecule has 1 unspecified atom stereocenters. The van der Waals surface area contributed by atoms with E-state index in [2.05, 4.69) is 39.9 Å². The van der Waals surface area contributed by atoms with Crippen LogP contribution in [0.25, 0.3) is 0 Å². The Hall–Kier alpha value is -0.890. The van der Waals surface area contributed by atoms with Gasteiger partial charge in [0.1, 0.15) is 5.82 Å². The van der Waals surface area contributed by atoms with Gasteiger partial charge in [-0.15, -0.1) is 0 Å². The molecule has 108 valence electrons. The second kappa shape index (κ2) is 7.04. The summed E-state index contributed by atoms with van der Waals surface area (Å²) in [5.74, 6) is 0.250. The van der Waals surface area contributed by atoms with Crippen LogP contribution in [-0.2, 0) is 0 Å². The number of nitrogens with one attached hydrogen (secondary N) is 1. The largest absolute Gasteiger partial charge is 0.314 e. The number of benzene rings is 1. The van der Waals surface area contributed by atoms with Gasteiger partial charge in [0.25, 0.3) is 0 Å². The molecule has 1 aromatic rings. The van der Waals surface area contributed by atoms with Gasteiger partial charge < -0.3 is 5.32 Å². The Balaban J connectivity index is 2.73. The summed E-state index contributed by atoms with van der Waals surface area (Å²) < 4.78 is 13.4. The van der Waals surface area contributed by atoms with Crippen LogP contribution in [0.15, 0.2) is 24.3 Å². The van der Waals surface area contributed by atoms with Crippen LogP contribution in [0.2, 0.25) is 0 Å². The van der Waals surface area contributed by atoms with Crippen molar-refractivity contribution < 1.29 is 4.39 Å². The van der Waals surface area contributed by atoms with Gasteiger partial charge in [-0.05, 0) is 41.9 Å². The first-order valence-corrected chi connectivity index (χ1v) is 7.27. The minimum absolute atomic E-state index is 0.136. The lowest BCUT2D eigenvalue weighted by Gasteiger charge is -2.24. The summed E-state index contributed by atoms with van der Waals surface area (Å²) in [4.78, 5) is 0. The Kier molecular flexibility index (Phi) is 5.99. The van der Waals surface area contributed by atoms with E-state index in [0.29, 0.717) is 17.4 Å². The molecule has 0 spiro atoms. The minimum Gasteiger partial charge on any atom is -0.314 e. The summed E-state index contributed by atoms with van der Waals surface area (Å²) in [6, 6.07) is 7.50. The normalized spacial score (nSPS) is 13.8. The van der Waals surface area contributed by atoms with Crippen LogP contribution in [0.3, 0.4) is 0 Å². The molecule has 0 aliphatic carbocycles. The fourth-order valence-corrected chi connectivity index (χ4v) is 2.13. The lowest BCUT2D eigenvalue weighted by Crippen LogP contribution is -2.28. The lowest BCUT2D eigenvalue weighted by molar-refractivity contribution is 0.342.